The number of nitrogens with one attached hydrogen (secondary N) is 2. The first-order chi connectivity index (χ1) is 14.8. The number of halogens is 3. The van der Waals surface area contributed by atoms with Crippen molar-refractivity contribution in [1.29, 1.82) is 0 Å². The van der Waals surface area contributed by atoms with Gasteiger partial charge in [-0.1, -0.05) is 31.7 Å². The summed E-state index contributed by atoms with van der Waals surface area (Å²) in [5.41, 5.74) is -0.887. The summed E-state index contributed by atoms with van der Waals surface area (Å²) in [6, 6.07) is 4.10. The van der Waals surface area contributed by atoms with Crippen molar-refractivity contribution in [3.63, 3.8) is 0 Å². The van der Waals surface area contributed by atoms with Crippen LogP contribution in [0.3, 0.4) is 0 Å². The number of hydrogen-bond donors (Lipinski definition) is 2. The highest BCUT2D eigenvalue weighted by Gasteiger charge is 2.33. The summed E-state index contributed by atoms with van der Waals surface area (Å²) < 4.78 is 39.4. The highest BCUT2D eigenvalue weighted by atomic mass is 19.4. The van der Waals surface area contributed by atoms with Crippen LogP contribution in [0.4, 0.5) is 25.1 Å². The van der Waals surface area contributed by atoms with Crippen molar-refractivity contribution in [3.8, 4) is 11.5 Å². The van der Waals surface area contributed by atoms with Gasteiger partial charge in [0.1, 0.15) is 11.4 Å². The van der Waals surface area contributed by atoms with Gasteiger partial charge in [-0.3, -0.25) is 0 Å². The number of hydrogen-bond acceptors (Lipinski definition) is 6. The maximum atomic E-state index is 13.1. The van der Waals surface area contributed by atoms with Crippen LogP contribution < -0.4 is 10.6 Å². The largest absolute Gasteiger partial charge is 0.433 e. The zero-order valence-corrected chi connectivity index (χ0v) is 17.9. The molecule has 2 aliphatic rings. The number of rotatable bonds is 8. The van der Waals surface area contributed by atoms with Crippen LogP contribution >= 0.6 is 0 Å². The Kier molecular flexibility index (Phi) is 6.29. The lowest BCUT2D eigenvalue weighted by molar-refractivity contribution is -0.141. The summed E-state index contributed by atoms with van der Waals surface area (Å²) >= 11 is 0. The molecular formula is C22H29F3N6. The molecule has 2 atom stereocenters. The molecule has 2 heterocycles. The molecule has 0 saturated heterocycles. The fraction of sp³-hybridized carbons (Fsp3) is 0.636. The average molecular weight is 435 g/mol. The maximum Gasteiger partial charge on any atom is 0.433 e. The molecule has 2 aromatic rings. The van der Waals surface area contributed by atoms with Gasteiger partial charge in [0, 0.05) is 12.1 Å². The minimum absolute atomic E-state index is 0.0752. The monoisotopic (exact) mass is 434 g/mol. The molecule has 168 valence electrons. The Bertz CT molecular complexity index is 895. The summed E-state index contributed by atoms with van der Waals surface area (Å²) in [6.07, 6.45) is 3.80. The molecule has 0 aliphatic heterocycles. The van der Waals surface area contributed by atoms with Gasteiger partial charge >= 0.3 is 6.18 Å². The van der Waals surface area contributed by atoms with Crippen LogP contribution in [0.2, 0.25) is 0 Å². The molecule has 0 radical (unpaired) electrons. The first-order valence-electron chi connectivity index (χ1n) is 11.1. The molecule has 2 saturated carbocycles. The highest BCUT2D eigenvalue weighted by molar-refractivity contribution is 5.54. The zero-order chi connectivity index (χ0) is 22.0. The molecule has 0 unspecified atom stereocenters. The minimum Gasteiger partial charge on any atom is -0.352 e. The normalized spacial score (nSPS) is 19.3. The highest BCUT2D eigenvalue weighted by Crippen LogP contribution is 2.33. The molecule has 2 N–H and O–H groups in total. The summed E-state index contributed by atoms with van der Waals surface area (Å²) in [7, 11) is 0. The Labute approximate surface area is 180 Å². The lowest BCUT2D eigenvalue weighted by Crippen LogP contribution is -2.32. The minimum atomic E-state index is -4.53. The third-order valence-electron chi connectivity index (χ3n) is 6.40. The SMILES string of the molecule is C[C@H](CC1CCC1)Nc1nc(N[C@H](C)C2CCC2)nc(-c2cccc(C(F)(F)F)n2)n1. The molecule has 0 spiro atoms. The van der Waals surface area contributed by atoms with Gasteiger partial charge in [0.25, 0.3) is 0 Å². The van der Waals surface area contributed by atoms with E-state index in [1.54, 1.807) is 0 Å². The fourth-order valence-corrected chi connectivity index (χ4v) is 4.11. The van der Waals surface area contributed by atoms with Crippen LogP contribution in [0.1, 0.15) is 64.5 Å². The number of aromatic nitrogens is 4. The number of pyridine rings is 1. The molecule has 31 heavy (non-hydrogen) atoms. The van der Waals surface area contributed by atoms with Gasteiger partial charge in [-0.25, -0.2) is 4.98 Å². The molecule has 2 aromatic heterocycles. The summed E-state index contributed by atoms with van der Waals surface area (Å²) in [4.78, 5) is 17.1. The second kappa shape index (κ2) is 8.96. The quantitative estimate of drug-likeness (QED) is 0.568. The van der Waals surface area contributed by atoms with E-state index >= 15 is 0 Å². The first-order valence-corrected chi connectivity index (χ1v) is 11.1. The van der Waals surface area contributed by atoms with E-state index in [1.807, 2.05) is 0 Å². The van der Waals surface area contributed by atoms with E-state index in [4.69, 9.17) is 0 Å². The van der Waals surface area contributed by atoms with E-state index < -0.39 is 11.9 Å². The Hall–Kier alpha value is -2.45. The third kappa shape index (κ3) is 5.43. The topological polar surface area (TPSA) is 75.6 Å². The van der Waals surface area contributed by atoms with Gasteiger partial charge in [-0.05, 0) is 57.1 Å². The Morgan fingerprint density at radius 1 is 0.935 bits per heavy atom. The maximum absolute atomic E-state index is 13.1. The van der Waals surface area contributed by atoms with Gasteiger partial charge in [0.2, 0.25) is 11.9 Å². The van der Waals surface area contributed by atoms with Crippen molar-refractivity contribution in [3.05, 3.63) is 23.9 Å². The van der Waals surface area contributed by atoms with Crippen molar-refractivity contribution < 1.29 is 13.2 Å². The average Bonchev–Trinajstić information content (AvgIpc) is 2.62. The van der Waals surface area contributed by atoms with Crippen LogP contribution in [0.5, 0.6) is 0 Å². The summed E-state index contributed by atoms with van der Waals surface area (Å²) in [5.74, 6) is 2.12. The molecule has 6 nitrogen and oxygen atoms in total. The van der Waals surface area contributed by atoms with E-state index in [9.17, 15) is 13.2 Å². The molecule has 0 amide bonds. The molecule has 0 bridgehead atoms. The first kappa shape index (κ1) is 21.8. The van der Waals surface area contributed by atoms with Crippen molar-refractivity contribution in [1.82, 2.24) is 19.9 Å². The predicted molar refractivity (Wildman–Crippen MR) is 114 cm³/mol. The van der Waals surface area contributed by atoms with Crippen LogP contribution in [0.25, 0.3) is 11.5 Å². The standard InChI is InChI=1S/C22H29F3N6/c1-13(12-15-6-3-7-15)26-20-29-19(17-10-5-11-18(28-17)22(23,24)25)30-21(31-20)27-14(2)16-8-4-9-16/h5,10-11,13-16H,3-4,6-9,12H2,1-2H3,(H2,26,27,29,30,31)/t13-,14-/m1/s1. The molecule has 0 aromatic carbocycles. The number of nitrogens with zero attached hydrogens (tertiary/aromatic N) is 4. The lowest BCUT2D eigenvalue weighted by atomic mass is 9.80. The fourth-order valence-electron chi connectivity index (χ4n) is 4.11. The third-order valence-corrected chi connectivity index (χ3v) is 6.40. The van der Waals surface area contributed by atoms with Crippen LogP contribution in [-0.4, -0.2) is 32.0 Å². The van der Waals surface area contributed by atoms with Crippen molar-refractivity contribution in [2.75, 3.05) is 10.6 Å². The van der Waals surface area contributed by atoms with Crippen LogP contribution in [-0.2, 0) is 6.18 Å². The molecular weight excluding hydrogens is 405 g/mol. The van der Waals surface area contributed by atoms with Crippen molar-refractivity contribution >= 4 is 11.9 Å². The Balaban J connectivity index is 1.60. The number of alkyl halides is 3. The second-order valence-corrected chi connectivity index (χ2v) is 8.91. The van der Waals surface area contributed by atoms with Crippen LogP contribution in [0.15, 0.2) is 18.2 Å². The predicted octanol–water partition coefficient (Wildman–Crippen LogP) is 5.54. The van der Waals surface area contributed by atoms with Gasteiger partial charge in [0.05, 0.1) is 0 Å². The molecule has 9 heteroatoms. The van der Waals surface area contributed by atoms with Crippen molar-refractivity contribution in [2.45, 2.75) is 77.1 Å². The summed E-state index contributed by atoms with van der Waals surface area (Å²) in [6.45, 7) is 4.16. The van der Waals surface area contributed by atoms with Gasteiger partial charge in [-0.15, -0.1) is 0 Å². The van der Waals surface area contributed by atoms with E-state index in [0.717, 1.165) is 25.3 Å². The van der Waals surface area contributed by atoms with E-state index in [-0.39, 0.29) is 23.6 Å². The molecule has 4 rings (SSSR count). The zero-order valence-electron chi connectivity index (χ0n) is 17.9. The van der Waals surface area contributed by atoms with E-state index in [2.05, 4.69) is 44.4 Å². The van der Waals surface area contributed by atoms with Crippen molar-refractivity contribution in [2.24, 2.45) is 11.8 Å². The number of anilines is 2. The lowest BCUT2D eigenvalue weighted by Gasteiger charge is -2.32. The van der Waals surface area contributed by atoms with E-state index in [1.165, 1.54) is 37.8 Å². The molecule has 2 fully saturated rings. The Morgan fingerprint density at radius 3 is 2.19 bits per heavy atom. The van der Waals surface area contributed by atoms with Gasteiger partial charge < -0.3 is 10.6 Å². The van der Waals surface area contributed by atoms with E-state index in [0.29, 0.717) is 23.7 Å². The summed E-state index contributed by atoms with van der Waals surface area (Å²) in [5, 5.41) is 6.64. The Morgan fingerprint density at radius 2 is 1.61 bits per heavy atom. The second-order valence-electron chi connectivity index (χ2n) is 8.91. The van der Waals surface area contributed by atoms with Gasteiger partial charge in [0.15, 0.2) is 5.82 Å². The smallest absolute Gasteiger partial charge is 0.352 e. The van der Waals surface area contributed by atoms with Gasteiger partial charge in [-0.2, -0.15) is 28.1 Å². The van der Waals surface area contributed by atoms with Crippen LogP contribution in [0, 0.1) is 11.8 Å². The molecule has 2 aliphatic carbocycles.